The molecule has 6 rings (SSSR count). The number of fused-ring (bicyclic) bond motifs is 1. The molecule has 4 heterocycles. The Balaban J connectivity index is 1.40. The molecule has 1 fully saturated rings. The SMILES string of the molecule is O=C(C1=C(O)C(=O)N(c2ccc(N3CCCCC3)cc2)C1c1cccnc1)c1cc2ccccc2o1. The highest BCUT2D eigenvalue weighted by Gasteiger charge is 2.45. The Labute approximate surface area is 208 Å². The van der Waals surface area contributed by atoms with Gasteiger partial charge in [-0.3, -0.25) is 19.5 Å². The highest BCUT2D eigenvalue weighted by Crippen LogP contribution is 2.42. The molecule has 2 aliphatic heterocycles. The van der Waals surface area contributed by atoms with Crippen molar-refractivity contribution in [2.45, 2.75) is 25.3 Å². The molecule has 2 aromatic heterocycles. The first kappa shape index (κ1) is 22.1. The van der Waals surface area contributed by atoms with E-state index < -0.39 is 23.5 Å². The maximum absolute atomic E-state index is 13.7. The third kappa shape index (κ3) is 3.73. The summed E-state index contributed by atoms with van der Waals surface area (Å²) in [6.45, 7) is 2.03. The summed E-state index contributed by atoms with van der Waals surface area (Å²) >= 11 is 0. The Morgan fingerprint density at radius 2 is 1.69 bits per heavy atom. The normalized spacial score (nSPS) is 18.3. The number of aliphatic hydroxyl groups is 1. The molecule has 0 spiro atoms. The number of ketones is 1. The van der Waals surface area contributed by atoms with Gasteiger partial charge in [-0.15, -0.1) is 0 Å². The molecule has 1 saturated heterocycles. The number of aromatic nitrogens is 1. The third-order valence-electron chi connectivity index (χ3n) is 6.95. The molecule has 7 nitrogen and oxygen atoms in total. The van der Waals surface area contributed by atoms with Crippen LogP contribution in [0.2, 0.25) is 0 Å². The zero-order valence-electron chi connectivity index (χ0n) is 19.6. The van der Waals surface area contributed by atoms with Gasteiger partial charge in [0.05, 0.1) is 11.6 Å². The van der Waals surface area contributed by atoms with E-state index in [9.17, 15) is 14.7 Å². The highest BCUT2D eigenvalue weighted by molar-refractivity contribution is 6.20. The third-order valence-corrected chi connectivity index (χ3v) is 6.95. The van der Waals surface area contributed by atoms with E-state index in [4.69, 9.17) is 4.42 Å². The largest absolute Gasteiger partial charge is 0.503 e. The predicted octanol–water partition coefficient (Wildman–Crippen LogP) is 5.60. The number of carbonyl (C=O) groups is 2. The molecular formula is C29H25N3O4. The highest BCUT2D eigenvalue weighted by atomic mass is 16.3. The summed E-state index contributed by atoms with van der Waals surface area (Å²) < 4.78 is 5.79. The van der Waals surface area contributed by atoms with E-state index in [0.717, 1.165) is 24.2 Å². The molecule has 2 aromatic carbocycles. The van der Waals surface area contributed by atoms with Gasteiger partial charge in [-0.05, 0) is 67.3 Å². The number of hydrogen-bond acceptors (Lipinski definition) is 6. The second kappa shape index (κ2) is 9.00. The molecule has 0 saturated carbocycles. The summed E-state index contributed by atoms with van der Waals surface area (Å²) in [5.41, 5.74) is 2.85. The minimum absolute atomic E-state index is 0.0211. The number of piperidine rings is 1. The smallest absolute Gasteiger partial charge is 0.294 e. The zero-order valence-corrected chi connectivity index (χ0v) is 19.6. The van der Waals surface area contributed by atoms with Crippen LogP contribution in [0.3, 0.4) is 0 Å². The molecule has 0 radical (unpaired) electrons. The lowest BCUT2D eigenvalue weighted by molar-refractivity contribution is -0.117. The number of para-hydroxylation sites is 1. The molecule has 1 amide bonds. The van der Waals surface area contributed by atoms with Gasteiger partial charge >= 0.3 is 0 Å². The van der Waals surface area contributed by atoms with Gasteiger partial charge in [0.25, 0.3) is 5.91 Å². The maximum atomic E-state index is 13.7. The fourth-order valence-electron chi connectivity index (χ4n) is 5.16. The number of hydrogen-bond donors (Lipinski definition) is 1. The second-order valence-corrected chi connectivity index (χ2v) is 9.17. The van der Waals surface area contributed by atoms with Gasteiger partial charge in [0.15, 0.2) is 11.5 Å². The molecule has 1 N–H and O–H groups in total. The Hall–Kier alpha value is -4.39. The lowest BCUT2D eigenvalue weighted by atomic mass is 9.96. The standard InChI is InChI=1S/C29H25N3O4/c33-27(24-17-19-7-2-3-9-23(19)36-24)25-26(20-8-6-14-30-18-20)32(29(35)28(25)34)22-12-10-21(11-13-22)31-15-4-1-5-16-31/h2-3,6-14,17-18,26,34H,1,4-5,15-16H2. The predicted molar refractivity (Wildman–Crippen MR) is 137 cm³/mol. The number of pyridine rings is 1. The van der Waals surface area contributed by atoms with Crippen LogP contribution in [-0.4, -0.2) is 34.9 Å². The van der Waals surface area contributed by atoms with Crippen LogP contribution in [0.5, 0.6) is 0 Å². The van der Waals surface area contributed by atoms with Crippen molar-refractivity contribution in [2.24, 2.45) is 0 Å². The fraction of sp³-hybridized carbons (Fsp3) is 0.207. The van der Waals surface area contributed by atoms with Crippen LogP contribution in [0.25, 0.3) is 11.0 Å². The van der Waals surface area contributed by atoms with Crippen LogP contribution < -0.4 is 9.80 Å². The number of furan rings is 1. The van der Waals surface area contributed by atoms with Crippen LogP contribution >= 0.6 is 0 Å². The van der Waals surface area contributed by atoms with Crippen molar-refractivity contribution in [1.29, 1.82) is 0 Å². The average molecular weight is 480 g/mol. The first-order valence-corrected chi connectivity index (χ1v) is 12.2. The second-order valence-electron chi connectivity index (χ2n) is 9.17. The quantitative estimate of drug-likeness (QED) is 0.375. The van der Waals surface area contributed by atoms with Gasteiger partial charge in [0, 0.05) is 42.2 Å². The summed E-state index contributed by atoms with van der Waals surface area (Å²) in [5, 5.41) is 11.8. The minimum Gasteiger partial charge on any atom is -0.503 e. The molecule has 36 heavy (non-hydrogen) atoms. The summed E-state index contributed by atoms with van der Waals surface area (Å²) in [7, 11) is 0. The fourth-order valence-corrected chi connectivity index (χ4v) is 5.16. The number of carbonyl (C=O) groups excluding carboxylic acids is 2. The van der Waals surface area contributed by atoms with Crippen molar-refractivity contribution < 1.29 is 19.1 Å². The number of nitrogens with zero attached hydrogens (tertiary/aromatic N) is 3. The van der Waals surface area contributed by atoms with E-state index in [1.807, 2.05) is 42.5 Å². The van der Waals surface area contributed by atoms with E-state index in [0.29, 0.717) is 16.8 Å². The maximum Gasteiger partial charge on any atom is 0.294 e. The number of Topliss-reactive ketones (excluding diaryl/α,β-unsaturated/α-hetero) is 1. The number of amides is 1. The molecule has 1 unspecified atom stereocenters. The number of anilines is 2. The molecule has 2 aliphatic rings. The van der Waals surface area contributed by atoms with Crippen molar-refractivity contribution in [3.8, 4) is 0 Å². The van der Waals surface area contributed by atoms with Gasteiger partial charge in [0.2, 0.25) is 5.78 Å². The summed E-state index contributed by atoms with van der Waals surface area (Å²) in [6.07, 6.45) is 6.82. The number of rotatable bonds is 5. The Bertz CT molecular complexity index is 1430. The van der Waals surface area contributed by atoms with E-state index in [-0.39, 0.29) is 11.3 Å². The van der Waals surface area contributed by atoms with Gasteiger partial charge < -0.3 is 14.4 Å². The van der Waals surface area contributed by atoms with Crippen LogP contribution in [-0.2, 0) is 4.79 Å². The first-order chi connectivity index (χ1) is 17.6. The van der Waals surface area contributed by atoms with E-state index in [1.165, 1.54) is 24.2 Å². The summed E-state index contributed by atoms with van der Waals surface area (Å²) in [5.74, 6) is -1.66. The van der Waals surface area contributed by atoms with E-state index in [1.54, 1.807) is 36.7 Å². The average Bonchev–Trinajstić information content (AvgIpc) is 3.48. The summed E-state index contributed by atoms with van der Waals surface area (Å²) in [4.78, 5) is 35.1. The van der Waals surface area contributed by atoms with E-state index in [2.05, 4.69) is 9.88 Å². The van der Waals surface area contributed by atoms with Crippen LogP contribution in [0.15, 0.2) is 94.9 Å². The molecule has 1 atom stereocenters. The van der Waals surface area contributed by atoms with Crippen molar-refractivity contribution >= 4 is 34.0 Å². The Kier molecular flexibility index (Phi) is 5.52. The molecule has 0 bridgehead atoms. The molecule has 0 aliphatic carbocycles. The molecular weight excluding hydrogens is 454 g/mol. The lowest BCUT2D eigenvalue weighted by Gasteiger charge is -2.30. The van der Waals surface area contributed by atoms with Crippen molar-refractivity contribution in [2.75, 3.05) is 22.9 Å². The van der Waals surface area contributed by atoms with Gasteiger partial charge in [0.1, 0.15) is 5.58 Å². The van der Waals surface area contributed by atoms with Gasteiger partial charge in [-0.25, -0.2) is 0 Å². The summed E-state index contributed by atoms with van der Waals surface area (Å²) in [6, 6.07) is 19.4. The lowest BCUT2D eigenvalue weighted by Crippen LogP contribution is -2.31. The van der Waals surface area contributed by atoms with Crippen molar-refractivity contribution in [3.05, 3.63) is 102 Å². The minimum atomic E-state index is -0.840. The molecule has 7 heteroatoms. The Morgan fingerprint density at radius 1 is 0.944 bits per heavy atom. The van der Waals surface area contributed by atoms with Crippen LogP contribution in [0.1, 0.15) is 41.4 Å². The molecule has 4 aromatic rings. The van der Waals surface area contributed by atoms with Gasteiger partial charge in [-0.2, -0.15) is 0 Å². The number of aliphatic hydroxyl groups excluding tert-OH is 1. The molecule has 180 valence electrons. The zero-order chi connectivity index (χ0) is 24.6. The van der Waals surface area contributed by atoms with Crippen molar-refractivity contribution in [1.82, 2.24) is 4.98 Å². The van der Waals surface area contributed by atoms with E-state index >= 15 is 0 Å². The monoisotopic (exact) mass is 479 g/mol. The van der Waals surface area contributed by atoms with Crippen LogP contribution in [0, 0.1) is 0 Å². The van der Waals surface area contributed by atoms with Crippen molar-refractivity contribution in [3.63, 3.8) is 0 Å². The Morgan fingerprint density at radius 3 is 2.42 bits per heavy atom. The topological polar surface area (TPSA) is 86.9 Å². The van der Waals surface area contributed by atoms with Gasteiger partial charge in [-0.1, -0.05) is 24.3 Å². The first-order valence-electron chi connectivity index (χ1n) is 12.2. The number of benzene rings is 2. The van der Waals surface area contributed by atoms with Crippen LogP contribution in [0.4, 0.5) is 11.4 Å².